The molecule has 0 fully saturated rings. The number of nitrogens with zero attached hydrogens (tertiary/aromatic N) is 1. The number of para-hydroxylation sites is 1. The molecule has 4 N–H and O–H groups in total. The maximum atomic E-state index is 11.3. The molecule has 1 amide bonds. The van der Waals surface area contributed by atoms with Gasteiger partial charge in [-0.2, -0.15) is 5.10 Å². The van der Waals surface area contributed by atoms with Gasteiger partial charge in [0.2, 0.25) is 5.91 Å². The minimum Gasteiger partial charge on any atom is -0.396 e. The molecule has 0 aliphatic carbocycles. The summed E-state index contributed by atoms with van der Waals surface area (Å²) in [7, 11) is 0. The number of aliphatic hydroxyl groups is 1. The number of aliphatic hydroxyl groups excluding tert-OH is 1. The molecule has 0 spiro atoms. The van der Waals surface area contributed by atoms with Gasteiger partial charge in [0.1, 0.15) is 0 Å². The third-order valence-electron chi connectivity index (χ3n) is 2.82. The highest BCUT2D eigenvalue weighted by atomic mass is 16.3. The first-order valence-corrected chi connectivity index (χ1v) is 5.73. The molecule has 18 heavy (non-hydrogen) atoms. The number of benzene rings is 1. The van der Waals surface area contributed by atoms with Crippen molar-refractivity contribution in [3.05, 3.63) is 35.9 Å². The number of primary amides is 1. The summed E-state index contributed by atoms with van der Waals surface area (Å²) in [6.07, 6.45) is 3.90. The first-order chi connectivity index (χ1) is 8.72. The fourth-order valence-corrected chi connectivity index (χ4v) is 1.84. The summed E-state index contributed by atoms with van der Waals surface area (Å²) in [5, 5.41) is 13.1. The maximum Gasteiger partial charge on any atom is 0.226 e. The van der Waals surface area contributed by atoms with Crippen LogP contribution in [0.15, 0.2) is 35.4 Å². The summed E-state index contributed by atoms with van der Waals surface area (Å²) in [4.78, 5) is 11.3. The van der Waals surface area contributed by atoms with Crippen molar-refractivity contribution in [2.45, 2.75) is 6.42 Å². The highest BCUT2D eigenvalue weighted by Gasteiger charge is 2.21. The van der Waals surface area contributed by atoms with Crippen LogP contribution >= 0.6 is 0 Å². The molecule has 1 aliphatic rings. The summed E-state index contributed by atoms with van der Waals surface area (Å²) >= 11 is 0. The molecule has 0 radical (unpaired) electrons. The Kier molecular flexibility index (Phi) is 3.74. The van der Waals surface area contributed by atoms with Gasteiger partial charge in [-0.15, -0.1) is 0 Å². The van der Waals surface area contributed by atoms with E-state index in [0.717, 1.165) is 11.3 Å². The monoisotopic (exact) mass is 245 g/mol. The van der Waals surface area contributed by atoms with Crippen LogP contribution in [0, 0.1) is 5.92 Å². The molecular formula is C13H15N3O2. The van der Waals surface area contributed by atoms with E-state index in [-0.39, 0.29) is 13.0 Å². The molecule has 0 aromatic heterocycles. The van der Waals surface area contributed by atoms with E-state index < -0.39 is 11.8 Å². The number of anilines is 1. The molecule has 0 saturated heterocycles. The van der Waals surface area contributed by atoms with Crippen LogP contribution in [0.1, 0.15) is 12.0 Å². The van der Waals surface area contributed by atoms with Crippen LogP contribution in [0.2, 0.25) is 0 Å². The summed E-state index contributed by atoms with van der Waals surface area (Å²) in [6, 6.07) is 7.68. The zero-order valence-corrected chi connectivity index (χ0v) is 9.84. The third kappa shape index (κ3) is 2.57. The molecular weight excluding hydrogens is 230 g/mol. The molecule has 94 valence electrons. The second kappa shape index (κ2) is 5.46. The van der Waals surface area contributed by atoms with E-state index in [0.29, 0.717) is 5.71 Å². The molecule has 1 aromatic carbocycles. The Balaban J connectivity index is 2.27. The summed E-state index contributed by atoms with van der Waals surface area (Å²) < 4.78 is 0. The number of amides is 1. The predicted octanol–water partition coefficient (Wildman–Crippen LogP) is 0.965. The predicted molar refractivity (Wildman–Crippen MR) is 70.9 cm³/mol. The fourth-order valence-electron chi connectivity index (χ4n) is 1.84. The Hall–Kier alpha value is -2.14. The number of hydrogen-bond donors (Lipinski definition) is 3. The van der Waals surface area contributed by atoms with Gasteiger partial charge in [-0.25, -0.2) is 0 Å². The Morgan fingerprint density at radius 3 is 2.89 bits per heavy atom. The average Bonchev–Trinajstić information content (AvgIpc) is 2.58. The summed E-state index contributed by atoms with van der Waals surface area (Å²) in [6.45, 7) is -0.104. The topological polar surface area (TPSA) is 87.7 Å². The van der Waals surface area contributed by atoms with E-state index in [2.05, 4.69) is 10.5 Å². The summed E-state index contributed by atoms with van der Waals surface area (Å²) in [5.74, 6) is -1.06. The van der Waals surface area contributed by atoms with Crippen molar-refractivity contribution in [2.75, 3.05) is 12.0 Å². The average molecular weight is 245 g/mol. The molecule has 1 heterocycles. The third-order valence-corrected chi connectivity index (χ3v) is 2.82. The smallest absolute Gasteiger partial charge is 0.226 e. The maximum absolute atomic E-state index is 11.3. The number of allylic oxidation sites excluding steroid dienone is 1. The van der Waals surface area contributed by atoms with E-state index in [1.807, 2.05) is 30.3 Å². The summed E-state index contributed by atoms with van der Waals surface area (Å²) in [5.41, 5.74) is 10.6. The molecule has 0 bridgehead atoms. The first-order valence-electron chi connectivity index (χ1n) is 5.73. The van der Waals surface area contributed by atoms with E-state index >= 15 is 0 Å². The number of carbonyl (C=O) groups is 1. The quantitative estimate of drug-likeness (QED) is 0.738. The molecule has 0 saturated carbocycles. The fraction of sp³-hybridized carbons (Fsp3) is 0.231. The van der Waals surface area contributed by atoms with Gasteiger partial charge < -0.3 is 10.8 Å². The van der Waals surface area contributed by atoms with Crippen LogP contribution in [0.4, 0.5) is 5.69 Å². The van der Waals surface area contributed by atoms with Gasteiger partial charge in [0.15, 0.2) is 0 Å². The lowest BCUT2D eigenvalue weighted by molar-refractivity contribution is -0.120. The van der Waals surface area contributed by atoms with Crippen molar-refractivity contribution >= 4 is 23.4 Å². The first kappa shape index (κ1) is 12.3. The number of hydrazone groups is 1. The minimum absolute atomic E-state index is 0.104. The minimum atomic E-state index is -0.576. The van der Waals surface area contributed by atoms with Crippen molar-refractivity contribution in [3.8, 4) is 0 Å². The van der Waals surface area contributed by atoms with Crippen LogP contribution in [-0.2, 0) is 4.79 Å². The lowest BCUT2D eigenvalue weighted by Gasteiger charge is -2.11. The number of nitrogens with one attached hydrogen (secondary N) is 1. The molecule has 2 rings (SSSR count). The Morgan fingerprint density at radius 1 is 1.39 bits per heavy atom. The van der Waals surface area contributed by atoms with E-state index in [4.69, 9.17) is 10.8 Å². The zero-order valence-electron chi connectivity index (χ0n) is 9.84. The molecule has 1 unspecified atom stereocenters. The Bertz CT molecular complexity index is 509. The second-order valence-electron chi connectivity index (χ2n) is 4.04. The van der Waals surface area contributed by atoms with Gasteiger partial charge in [-0.3, -0.25) is 10.2 Å². The zero-order chi connectivity index (χ0) is 13.0. The lowest BCUT2D eigenvalue weighted by atomic mass is 9.98. The normalized spacial score (nSPS) is 15.1. The van der Waals surface area contributed by atoms with Crippen molar-refractivity contribution < 1.29 is 9.90 Å². The number of rotatable bonds is 4. The highest BCUT2D eigenvalue weighted by Crippen LogP contribution is 2.20. The van der Waals surface area contributed by atoms with Gasteiger partial charge in [0, 0.05) is 6.61 Å². The number of nitrogens with two attached hydrogens (primary N) is 1. The van der Waals surface area contributed by atoms with Crippen molar-refractivity contribution in [2.24, 2.45) is 16.8 Å². The van der Waals surface area contributed by atoms with Gasteiger partial charge >= 0.3 is 0 Å². The van der Waals surface area contributed by atoms with Crippen molar-refractivity contribution in [3.63, 3.8) is 0 Å². The van der Waals surface area contributed by atoms with Crippen LogP contribution in [0.25, 0.3) is 6.08 Å². The van der Waals surface area contributed by atoms with Crippen molar-refractivity contribution in [1.82, 2.24) is 0 Å². The van der Waals surface area contributed by atoms with Gasteiger partial charge in [-0.1, -0.05) is 24.3 Å². The van der Waals surface area contributed by atoms with E-state index in [1.165, 1.54) is 0 Å². The molecule has 1 atom stereocenters. The molecule has 1 aliphatic heterocycles. The largest absolute Gasteiger partial charge is 0.396 e. The second-order valence-corrected chi connectivity index (χ2v) is 4.04. The van der Waals surface area contributed by atoms with Crippen LogP contribution in [0.5, 0.6) is 0 Å². The Morgan fingerprint density at radius 2 is 2.17 bits per heavy atom. The highest BCUT2D eigenvalue weighted by molar-refractivity contribution is 6.12. The van der Waals surface area contributed by atoms with Crippen LogP contribution in [-0.4, -0.2) is 23.3 Å². The molecule has 5 heteroatoms. The number of hydrogen-bond acceptors (Lipinski definition) is 4. The van der Waals surface area contributed by atoms with Gasteiger partial charge in [0.05, 0.1) is 17.3 Å². The standard InChI is InChI=1S/C13H15N3O2/c14-13(18)10(7-8-17)12-6-5-9-3-1-2-4-11(9)15-16-12/h1-6,10,15,17H,7-8H2,(H2,14,18). The number of fused-ring (bicyclic) bond motifs is 1. The van der Waals surface area contributed by atoms with Gasteiger partial charge in [0.25, 0.3) is 0 Å². The number of carbonyl (C=O) groups excluding carboxylic acids is 1. The SMILES string of the molecule is NC(=O)C(CCO)C1=NNc2ccccc2C=C1. The van der Waals surface area contributed by atoms with Crippen molar-refractivity contribution in [1.29, 1.82) is 0 Å². The lowest BCUT2D eigenvalue weighted by Crippen LogP contribution is -2.30. The van der Waals surface area contributed by atoms with Crippen LogP contribution < -0.4 is 11.2 Å². The van der Waals surface area contributed by atoms with E-state index in [9.17, 15) is 4.79 Å². The van der Waals surface area contributed by atoms with E-state index in [1.54, 1.807) is 6.08 Å². The van der Waals surface area contributed by atoms with Crippen LogP contribution in [0.3, 0.4) is 0 Å². The molecule has 1 aromatic rings. The molecule has 5 nitrogen and oxygen atoms in total. The van der Waals surface area contributed by atoms with Gasteiger partial charge in [-0.05, 0) is 24.1 Å². The Labute approximate surface area is 105 Å².